The molecule has 0 atom stereocenters. The summed E-state index contributed by atoms with van der Waals surface area (Å²) in [5.41, 5.74) is 2.38. The quantitative estimate of drug-likeness (QED) is 0.850. The Kier molecular flexibility index (Phi) is 4.77. The fraction of sp³-hybridized carbons (Fsp3) is 0.500. The number of rotatable bonds is 5. The number of carbonyl (C=O) groups is 1. The predicted molar refractivity (Wildman–Crippen MR) is 77.0 cm³/mol. The zero-order valence-electron chi connectivity index (χ0n) is 11.6. The molecule has 1 aliphatic carbocycles. The summed E-state index contributed by atoms with van der Waals surface area (Å²) in [7, 11) is -2.00. The van der Waals surface area contributed by atoms with Crippen LogP contribution in [0.1, 0.15) is 30.4 Å². The molecular formula is C14H20N2O3S. The average Bonchev–Trinajstić information content (AvgIpc) is 2.46. The third kappa shape index (κ3) is 3.58. The Bertz CT molecular complexity index is 596. The lowest BCUT2D eigenvalue weighted by Gasteiger charge is -2.16. The van der Waals surface area contributed by atoms with Crippen LogP contribution in [0.3, 0.4) is 0 Å². The lowest BCUT2D eigenvalue weighted by Crippen LogP contribution is -2.29. The van der Waals surface area contributed by atoms with Gasteiger partial charge in [-0.25, -0.2) is 13.1 Å². The number of amides is 1. The maximum absolute atomic E-state index is 12.1. The predicted octanol–water partition coefficient (Wildman–Crippen LogP) is 0.980. The van der Waals surface area contributed by atoms with Gasteiger partial charge in [-0.3, -0.25) is 4.79 Å². The minimum Gasteiger partial charge on any atom is -0.359 e. The normalized spacial score (nSPS) is 14.7. The van der Waals surface area contributed by atoms with Crippen molar-refractivity contribution in [3.8, 4) is 0 Å². The van der Waals surface area contributed by atoms with Crippen molar-refractivity contribution in [1.29, 1.82) is 0 Å². The smallest absolute Gasteiger partial charge is 0.240 e. The van der Waals surface area contributed by atoms with Crippen molar-refractivity contribution in [2.45, 2.75) is 37.0 Å². The molecule has 0 saturated carbocycles. The SMILES string of the molecule is CNC(=O)CCNS(=O)(=O)c1ccc2c(c1)CCCC2. The van der Waals surface area contributed by atoms with Crippen LogP contribution < -0.4 is 10.0 Å². The second-order valence-electron chi connectivity index (χ2n) is 4.96. The van der Waals surface area contributed by atoms with Crippen LogP contribution >= 0.6 is 0 Å². The van der Waals surface area contributed by atoms with Gasteiger partial charge in [0.05, 0.1) is 4.90 Å². The molecule has 2 N–H and O–H groups in total. The van der Waals surface area contributed by atoms with Gasteiger partial charge in [0.15, 0.2) is 0 Å². The van der Waals surface area contributed by atoms with E-state index in [0.29, 0.717) is 0 Å². The summed E-state index contributed by atoms with van der Waals surface area (Å²) in [6.07, 6.45) is 4.39. The van der Waals surface area contributed by atoms with Crippen LogP contribution in [0, 0.1) is 0 Å². The molecular weight excluding hydrogens is 276 g/mol. The highest BCUT2D eigenvalue weighted by Crippen LogP contribution is 2.23. The van der Waals surface area contributed by atoms with E-state index in [-0.39, 0.29) is 23.8 Å². The van der Waals surface area contributed by atoms with Gasteiger partial charge in [0.25, 0.3) is 0 Å². The highest BCUT2D eigenvalue weighted by molar-refractivity contribution is 7.89. The van der Waals surface area contributed by atoms with Gasteiger partial charge in [-0.15, -0.1) is 0 Å². The van der Waals surface area contributed by atoms with Crippen molar-refractivity contribution >= 4 is 15.9 Å². The third-order valence-electron chi connectivity index (χ3n) is 3.55. The van der Waals surface area contributed by atoms with Crippen molar-refractivity contribution in [2.24, 2.45) is 0 Å². The lowest BCUT2D eigenvalue weighted by atomic mass is 9.92. The molecule has 0 radical (unpaired) electrons. The molecule has 110 valence electrons. The van der Waals surface area contributed by atoms with E-state index in [0.717, 1.165) is 24.8 Å². The van der Waals surface area contributed by atoms with E-state index in [1.165, 1.54) is 19.0 Å². The first kappa shape index (κ1) is 15.0. The monoisotopic (exact) mass is 296 g/mol. The number of sulfonamides is 1. The summed E-state index contributed by atoms with van der Waals surface area (Å²) in [4.78, 5) is 11.4. The number of hydrogen-bond acceptors (Lipinski definition) is 3. The Morgan fingerprint density at radius 3 is 2.60 bits per heavy atom. The molecule has 2 rings (SSSR count). The molecule has 0 fully saturated rings. The van der Waals surface area contributed by atoms with Crippen LogP contribution in [0.4, 0.5) is 0 Å². The van der Waals surface area contributed by atoms with Crippen LogP contribution in [-0.2, 0) is 27.7 Å². The summed E-state index contributed by atoms with van der Waals surface area (Å²) in [6.45, 7) is 0.110. The zero-order chi connectivity index (χ0) is 14.6. The summed E-state index contributed by atoms with van der Waals surface area (Å²) < 4.78 is 26.7. The van der Waals surface area contributed by atoms with Gasteiger partial charge >= 0.3 is 0 Å². The van der Waals surface area contributed by atoms with E-state index < -0.39 is 10.0 Å². The van der Waals surface area contributed by atoms with E-state index in [9.17, 15) is 13.2 Å². The molecule has 5 nitrogen and oxygen atoms in total. The summed E-state index contributed by atoms with van der Waals surface area (Å²) >= 11 is 0. The summed E-state index contributed by atoms with van der Waals surface area (Å²) in [5, 5.41) is 2.46. The molecule has 0 bridgehead atoms. The Hall–Kier alpha value is -1.40. The van der Waals surface area contributed by atoms with Crippen LogP contribution in [0.15, 0.2) is 23.1 Å². The standard InChI is InChI=1S/C14H20N2O3S/c1-15-14(17)8-9-16-20(18,19)13-7-6-11-4-2-3-5-12(11)10-13/h6-7,10,16H,2-5,8-9H2,1H3,(H,15,17). The fourth-order valence-electron chi connectivity index (χ4n) is 2.38. The van der Waals surface area contributed by atoms with E-state index >= 15 is 0 Å². The van der Waals surface area contributed by atoms with Crippen LogP contribution in [0.2, 0.25) is 0 Å². The lowest BCUT2D eigenvalue weighted by molar-refractivity contribution is -0.120. The number of aryl methyl sites for hydroxylation is 2. The second-order valence-corrected chi connectivity index (χ2v) is 6.73. The first-order valence-corrected chi connectivity index (χ1v) is 8.33. The Morgan fingerprint density at radius 1 is 1.20 bits per heavy atom. The summed E-state index contributed by atoms with van der Waals surface area (Å²) in [5.74, 6) is -0.182. The summed E-state index contributed by atoms with van der Waals surface area (Å²) in [6, 6.07) is 5.31. The van der Waals surface area contributed by atoms with Gasteiger partial charge in [0.1, 0.15) is 0 Å². The molecule has 6 heteroatoms. The molecule has 20 heavy (non-hydrogen) atoms. The molecule has 1 aromatic rings. The van der Waals surface area contributed by atoms with Gasteiger partial charge in [0.2, 0.25) is 15.9 Å². The van der Waals surface area contributed by atoms with Gasteiger partial charge in [-0.2, -0.15) is 0 Å². The van der Waals surface area contributed by atoms with Crippen molar-refractivity contribution in [1.82, 2.24) is 10.0 Å². The molecule has 1 aromatic carbocycles. The van der Waals surface area contributed by atoms with Gasteiger partial charge in [0, 0.05) is 20.0 Å². The van der Waals surface area contributed by atoms with Crippen molar-refractivity contribution in [3.63, 3.8) is 0 Å². The van der Waals surface area contributed by atoms with E-state index in [2.05, 4.69) is 10.0 Å². The molecule has 0 unspecified atom stereocenters. The third-order valence-corrected chi connectivity index (χ3v) is 5.01. The highest BCUT2D eigenvalue weighted by Gasteiger charge is 2.17. The van der Waals surface area contributed by atoms with Crippen LogP contribution in [0.25, 0.3) is 0 Å². The van der Waals surface area contributed by atoms with E-state index in [1.807, 2.05) is 6.07 Å². The van der Waals surface area contributed by atoms with Crippen molar-refractivity contribution in [3.05, 3.63) is 29.3 Å². The highest BCUT2D eigenvalue weighted by atomic mass is 32.2. The number of benzene rings is 1. The molecule has 1 aliphatic rings. The van der Waals surface area contributed by atoms with Crippen LogP contribution in [0.5, 0.6) is 0 Å². The Labute approximate surface area is 119 Å². The Balaban J connectivity index is 2.07. The Morgan fingerprint density at radius 2 is 1.90 bits per heavy atom. The zero-order valence-corrected chi connectivity index (χ0v) is 12.4. The largest absolute Gasteiger partial charge is 0.359 e. The first-order valence-electron chi connectivity index (χ1n) is 6.85. The average molecular weight is 296 g/mol. The van der Waals surface area contributed by atoms with Crippen molar-refractivity contribution < 1.29 is 13.2 Å². The molecule has 0 aromatic heterocycles. The molecule has 0 heterocycles. The molecule has 0 aliphatic heterocycles. The number of hydrogen-bond donors (Lipinski definition) is 2. The van der Waals surface area contributed by atoms with E-state index in [1.54, 1.807) is 12.1 Å². The maximum atomic E-state index is 12.1. The second kappa shape index (κ2) is 6.37. The maximum Gasteiger partial charge on any atom is 0.240 e. The molecule has 1 amide bonds. The van der Waals surface area contributed by atoms with Crippen LogP contribution in [-0.4, -0.2) is 27.9 Å². The number of nitrogens with one attached hydrogen (secondary N) is 2. The number of fused-ring (bicyclic) bond motifs is 1. The van der Waals surface area contributed by atoms with Crippen molar-refractivity contribution in [2.75, 3.05) is 13.6 Å². The number of carbonyl (C=O) groups excluding carboxylic acids is 1. The first-order chi connectivity index (χ1) is 9.53. The minimum atomic E-state index is -3.53. The van der Waals surface area contributed by atoms with Gasteiger partial charge in [-0.05, 0) is 48.9 Å². The van der Waals surface area contributed by atoms with Gasteiger partial charge < -0.3 is 5.32 Å². The molecule has 0 spiro atoms. The molecule has 0 saturated heterocycles. The van der Waals surface area contributed by atoms with E-state index in [4.69, 9.17) is 0 Å². The fourth-order valence-corrected chi connectivity index (χ4v) is 3.47. The van der Waals surface area contributed by atoms with Gasteiger partial charge in [-0.1, -0.05) is 6.07 Å². The topological polar surface area (TPSA) is 75.3 Å². The minimum absolute atomic E-state index is 0.110.